The summed E-state index contributed by atoms with van der Waals surface area (Å²) in [6.45, 7) is 0.954. The van der Waals surface area contributed by atoms with Gasteiger partial charge in [0.05, 0.1) is 18.4 Å². The van der Waals surface area contributed by atoms with E-state index >= 15 is 0 Å². The third-order valence-electron chi connectivity index (χ3n) is 2.92. The summed E-state index contributed by atoms with van der Waals surface area (Å²) in [5.74, 6) is 2.04. The molecule has 1 aromatic carbocycles. The number of benzene rings is 1. The molecule has 2 heterocycles. The number of carbonyl (C=O) groups excluding carboxylic acids is 1. The molecule has 0 atom stereocenters. The van der Waals surface area contributed by atoms with Gasteiger partial charge in [-0.15, -0.1) is 0 Å². The molecule has 0 bridgehead atoms. The number of pyridine rings is 1. The number of carbonyl (C=O) groups is 1. The van der Waals surface area contributed by atoms with E-state index in [0.29, 0.717) is 36.1 Å². The summed E-state index contributed by atoms with van der Waals surface area (Å²) in [6.07, 6.45) is 3.21. The highest BCUT2D eigenvalue weighted by Crippen LogP contribution is 2.34. The first-order valence-corrected chi connectivity index (χ1v) is 6.78. The van der Waals surface area contributed by atoms with E-state index in [9.17, 15) is 4.79 Å². The molecule has 114 valence electrons. The van der Waals surface area contributed by atoms with Crippen molar-refractivity contribution in [1.82, 2.24) is 10.3 Å². The van der Waals surface area contributed by atoms with E-state index in [2.05, 4.69) is 15.6 Å². The van der Waals surface area contributed by atoms with Crippen molar-refractivity contribution in [1.29, 1.82) is 0 Å². The minimum Gasteiger partial charge on any atom is -0.492 e. The van der Waals surface area contributed by atoms with Crippen LogP contribution in [0, 0.1) is 0 Å². The highest BCUT2D eigenvalue weighted by Gasteiger charge is 2.13. The molecule has 1 aliphatic rings. The first-order valence-electron chi connectivity index (χ1n) is 6.78. The molecule has 7 nitrogen and oxygen atoms in total. The van der Waals surface area contributed by atoms with Crippen LogP contribution in [0.2, 0.25) is 0 Å². The molecule has 22 heavy (non-hydrogen) atoms. The summed E-state index contributed by atoms with van der Waals surface area (Å²) in [5, 5.41) is 5.36. The van der Waals surface area contributed by atoms with Crippen molar-refractivity contribution in [3.63, 3.8) is 0 Å². The zero-order chi connectivity index (χ0) is 15.2. The zero-order valence-electron chi connectivity index (χ0n) is 11.7. The van der Waals surface area contributed by atoms with E-state index in [1.807, 2.05) is 0 Å². The molecule has 1 aromatic heterocycles. The number of fused-ring (bicyclic) bond motifs is 1. The van der Waals surface area contributed by atoms with Crippen molar-refractivity contribution >= 4 is 11.7 Å². The van der Waals surface area contributed by atoms with Crippen LogP contribution in [0.25, 0.3) is 0 Å². The molecule has 0 fully saturated rings. The number of hydrogen-bond acceptors (Lipinski definition) is 5. The van der Waals surface area contributed by atoms with Gasteiger partial charge in [-0.05, 0) is 24.3 Å². The Labute approximate surface area is 127 Å². The fourth-order valence-corrected chi connectivity index (χ4v) is 1.91. The molecule has 1 aliphatic heterocycles. The van der Waals surface area contributed by atoms with Crippen LogP contribution in [0.3, 0.4) is 0 Å². The molecular formula is C15H15N3O4. The molecule has 0 aliphatic carbocycles. The molecule has 7 heteroatoms. The molecule has 0 radical (unpaired) electrons. The second-order valence-electron chi connectivity index (χ2n) is 4.49. The third-order valence-corrected chi connectivity index (χ3v) is 2.92. The largest absolute Gasteiger partial charge is 0.492 e. The summed E-state index contributed by atoms with van der Waals surface area (Å²) in [6, 6.07) is 8.55. The molecule has 2 aromatic rings. The number of ether oxygens (including phenoxy) is 3. The van der Waals surface area contributed by atoms with Crippen molar-refractivity contribution in [3.8, 4) is 17.2 Å². The van der Waals surface area contributed by atoms with Crippen LogP contribution in [0.5, 0.6) is 17.2 Å². The number of urea groups is 1. The zero-order valence-corrected chi connectivity index (χ0v) is 11.7. The van der Waals surface area contributed by atoms with Crippen molar-refractivity contribution < 1.29 is 19.0 Å². The van der Waals surface area contributed by atoms with E-state index in [-0.39, 0.29) is 12.8 Å². The van der Waals surface area contributed by atoms with Gasteiger partial charge in [-0.25, -0.2) is 4.79 Å². The van der Waals surface area contributed by atoms with Crippen LogP contribution in [0.1, 0.15) is 0 Å². The average Bonchev–Trinajstić information content (AvgIpc) is 3.00. The highest BCUT2D eigenvalue weighted by atomic mass is 16.7. The fourth-order valence-electron chi connectivity index (χ4n) is 1.91. The number of nitrogens with zero attached hydrogens (tertiary/aromatic N) is 1. The molecule has 2 amide bonds. The lowest BCUT2D eigenvalue weighted by molar-refractivity contribution is 0.173. The summed E-state index contributed by atoms with van der Waals surface area (Å²) < 4.78 is 16.0. The summed E-state index contributed by atoms with van der Waals surface area (Å²) in [4.78, 5) is 15.5. The second-order valence-corrected chi connectivity index (χ2v) is 4.49. The molecule has 0 saturated heterocycles. The molecule has 3 rings (SSSR count). The van der Waals surface area contributed by atoms with Crippen LogP contribution in [-0.2, 0) is 0 Å². The van der Waals surface area contributed by atoms with Crippen molar-refractivity contribution in [2.24, 2.45) is 0 Å². The van der Waals surface area contributed by atoms with Gasteiger partial charge in [0.2, 0.25) is 6.79 Å². The molecule has 0 saturated carbocycles. The standard InChI is InChI=1S/C15H15N3O4/c19-15(18-11-2-1-5-16-9-11)17-6-7-20-12-3-4-13-14(8-12)22-10-21-13/h1-5,8-9H,6-7,10H2,(H2,17,18,19). The van der Waals surface area contributed by atoms with Crippen LogP contribution in [-0.4, -0.2) is 31.0 Å². The normalized spacial score (nSPS) is 11.8. The van der Waals surface area contributed by atoms with Crippen LogP contribution < -0.4 is 24.8 Å². The van der Waals surface area contributed by atoms with Crippen molar-refractivity contribution in [2.75, 3.05) is 25.3 Å². The lowest BCUT2D eigenvalue weighted by atomic mass is 10.3. The predicted octanol–water partition coefficient (Wildman–Crippen LogP) is 2.01. The monoisotopic (exact) mass is 301 g/mol. The number of anilines is 1. The smallest absolute Gasteiger partial charge is 0.319 e. The van der Waals surface area contributed by atoms with Gasteiger partial charge in [-0.2, -0.15) is 0 Å². The van der Waals surface area contributed by atoms with Crippen LogP contribution in [0.4, 0.5) is 10.5 Å². The van der Waals surface area contributed by atoms with E-state index in [1.54, 1.807) is 42.7 Å². The van der Waals surface area contributed by atoms with Gasteiger partial charge in [0.1, 0.15) is 12.4 Å². The molecular weight excluding hydrogens is 286 g/mol. The van der Waals surface area contributed by atoms with Gasteiger partial charge in [0.15, 0.2) is 11.5 Å². The Morgan fingerprint density at radius 1 is 1.27 bits per heavy atom. The maximum Gasteiger partial charge on any atom is 0.319 e. The van der Waals surface area contributed by atoms with Gasteiger partial charge < -0.3 is 24.8 Å². The van der Waals surface area contributed by atoms with Crippen LogP contribution >= 0.6 is 0 Å². The molecule has 0 unspecified atom stereocenters. The van der Waals surface area contributed by atoms with Gasteiger partial charge in [0, 0.05) is 12.3 Å². The third kappa shape index (κ3) is 3.57. The van der Waals surface area contributed by atoms with Crippen molar-refractivity contribution in [3.05, 3.63) is 42.7 Å². The number of hydrogen-bond donors (Lipinski definition) is 2. The van der Waals surface area contributed by atoms with Crippen molar-refractivity contribution in [2.45, 2.75) is 0 Å². The molecule has 0 spiro atoms. The van der Waals surface area contributed by atoms with E-state index in [0.717, 1.165) is 0 Å². The molecule has 2 N–H and O–H groups in total. The Morgan fingerprint density at radius 2 is 2.18 bits per heavy atom. The SMILES string of the molecule is O=C(NCCOc1ccc2c(c1)OCO2)Nc1cccnc1. The second kappa shape index (κ2) is 6.66. The minimum atomic E-state index is -0.303. The quantitative estimate of drug-likeness (QED) is 0.826. The highest BCUT2D eigenvalue weighted by molar-refractivity contribution is 5.88. The Balaban J connectivity index is 1.39. The lowest BCUT2D eigenvalue weighted by Gasteiger charge is -2.09. The minimum absolute atomic E-state index is 0.231. The first-order chi connectivity index (χ1) is 10.8. The number of nitrogens with one attached hydrogen (secondary N) is 2. The predicted molar refractivity (Wildman–Crippen MR) is 79.3 cm³/mol. The lowest BCUT2D eigenvalue weighted by Crippen LogP contribution is -2.32. The first kappa shape index (κ1) is 14.0. The Kier molecular flexibility index (Phi) is 4.24. The number of amides is 2. The Bertz CT molecular complexity index is 648. The summed E-state index contributed by atoms with van der Waals surface area (Å²) in [7, 11) is 0. The van der Waals surface area contributed by atoms with E-state index < -0.39 is 0 Å². The Morgan fingerprint density at radius 3 is 3.05 bits per heavy atom. The van der Waals surface area contributed by atoms with Gasteiger partial charge >= 0.3 is 6.03 Å². The van der Waals surface area contributed by atoms with Gasteiger partial charge in [-0.1, -0.05) is 0 Å². The van der Waals surface area contributed by atoms with E-state index in [4.69, 9.17) is 14.2 Å². The average molecular weight is 301 g/mol. The number of aromatic nitrogens is 1. The summed E-state index contributed by atoms with van der Waals surface area (Å²) >= 11 is 0. The maximum atomic E-state index is 11.6. The van der Waals surface area contributed by atoms with E-state index in [1.165, 1.54) is 0 Å². The van der Waals surface area contributed by atoms with Crippen LogP contribution in [0.15, 0.2) is 42.7 Å². The Hall–Kier alpha value is -2.96. The number of rotatable bonds is 5. The summed E-state index contributed by atoms with van der Waals surface area (Å²) in [5.41, 5.74) is 0.636. The van der Waals surface area contributed by atoms with Gasteiger partial charge in [-0.3, -0.25) is 4.98 Å². The topological polar surface area (TPSA) is 81.7 Å². The maximum absolute atomic E-state index is 11.6. The fraction of sp³-hybridized carbons (Fsp3) is 0.200. The van der Waals surface area contributed by atoms with Gasteiger partial charge in [0.25, 0.3) is 0 Å².